The van der Waals surface area contributed by atoms with Crippen LogP contribution in [-0.4, -0.2) is 37.2 Å². The molecule has 6 heteroatoms. The van der Waals surface area contributed by atoms with Crippen LogP contribution < -0.4 is 0 Å². The van der Waals surface area contributed by atoms with Crippen molar-refractivity contribution in [3.8, 4) is 0 Å². The van der Waals surface area contributed by atoms with Crippen LogP contribution in [0.15, 0.2) is 36.5 Å². The van der Waals surface area contributed by atoms with Crippen LogP contribution in [0, 0.1) is 0 Å². The summed E-state index contributed by atoms with van der Waals surface area (Å²) in [5.41, 5.74) is 0. The van der Waals surface area contributed by atoms with Crippen molar-refractivity contribution in [3.63, 3.8) is 0 Å². The Hall–Kier alpha value is -2.37. The van der Waals surface area contributed by atoms with Gasteiger partial charge in [-0.1, -0.05) is 160 Å². The number of esters is 3. The van der Waals surface area contributed by atoms with Crippen LogP contribution in [0.3, 0.4) is 0 Å². The number of carbonyl (C=O) groups is 3. The minimum atomic E-state index is -0.784. The van der Waals surface area contributed by atoms with E-state index < -0.39 is 6.10 Å². The Morgan fingerprint density at radius 3 is 1.04 bits per heavy atom. The van der Waals surface area contributed by atoms with E-state index in [1.165, 1.54) is 122 Å². The highest BCUT2D eigenvalue weighted by Crippen LogP contribution is 2.13. The van der Waals surface area contributed by atoms with Crippen LogP contribution >= 0.6 is 0 Å². The second-order valence-electron chi connectivity index (χ2n) is 15.3. The Morgan fingerprint density at radius 1 is 0.352 bits per heavy atom. The lowest BCUT2D eigenvalue weighted by atomic mass is 10.1. The van der Waals surface area contributed by atoms with E-state index in [2.05, 4.69) is 57.2 Å². The molecule has 0 aromatic rings. The van der Waals surface area contributed by atoms with Gasteiger partial charge in [-0.05, 0) is 89.9 Å². The molecule has 0 aromatic carbocycles. The van der Waals surface area contributed by atoms with Crippen molar-refractivity contribution in [3.05, 3.63) is 36.5 Å². The number of hydrogen-bond donors (Lipinski definition) is 0. The molecule has 0 bridgehead atoms. The first kappa shape index (κ1) is 51.6. The molecule has 0 aromatic heterocycles. The molecule has 0 saturated carbocycles. The highest BCUT2D eigenvalue weighted by molar-refractivity contribution is 5.71. The molecule has 0 N–H and O–H groups in total. The van der Waals surface area contributed by atoms with Crippen LogP contribution in [0.2, 0.25) is 0 Å². The third kappa shape index (κ3) is 40.8. The molecule has 0 heterocycles. The Labute approximate surface area is 334 Å². The number of ether oxygens (including phenoxy) is 3. The predicted octanol–water partition coefficient (Wildman–Crippen LogP) is 14.6. The molecule has 314 valence electrons. The zero-order chi connectivity index (χ0) is 39.4. The molecule has 0 amide bonds. The van der Waals surface area contributed by atoms with Crippen molar-refractivity contribution in [1.82, 2.24) is 0 Å². The van der Waals surface area contributed by atoms with Gasteiger partial charge in [0.1, 0.15) is 13.2 Å². The molecule has 0 rings (SSSR count). The van der Waals surface area contributed by atoms with Gasteiger partial charge in [-0.3, -0.25) is 14.4 Å². The minimum Gasteiger partial charge on any atom is -0.462 e. The SMILES string of the molecule is CCCCC/C=C\CCCCCCCC(=O)OC(COC(=O)CCC/C=C\CCCCCC)COC(=O)CCCCCCCCC/C=C\CCCCCC. The third-order valence-corrected chi connectivity index (χ3v) is 9.84. The average Bonchev–Trinajstić information content (AvgIpc) is 3.17. The van der Waals surface area contributed by atoms with E-state index in [1.54, 1.807) is 0 Å². The summed E-state index contributed by atoms with van der Waals surface area (Å²) in [6.45, 7) is 6.52. The first-order valence-electron chi connectivity index (χ1n) is 23.0. The maximum absolute atomic E-state index is 12.7. The van der Waals surface area contributed by atoms with Gasteiger partial charge in [0, 0.05) is 19.3 Å². The molecule has 0 aliphatic carbocycles. The number of unbranched alkanes of at least 4 members (excludes halogenated alkanes) is 24. The molecular weight excluding hydrogens is 673 g/mol. The molecule has 1 atom stereocenters. The zero-order valence-corrected chi connectivity index (χ0v) is 35.7. The van der Waals surface area contributed by atoms with Crippen LogP contribution in [0.25, 0.3) is 0 Å². The summed E-state index contributed by atoms with van der Waals surface area (Å²) in [6, 6.07) is 0. The van der Waals surface area contributed by atoms with Crippen molar-refractivity contribution < 1.29 is 28.6 Å². The van der Waals surface area contributed by atoms with Gasteiger partial charge >= 0.3 is 17.9 Å². The number of hydrogen-bond acceptors (Lipinski definition) is 6. The minimum absolute atomic E-state index is 0.0855. The van der Waals surface area contributed by atoms with Gasteiger partial charge in [0.2, 0.25) is 0 Å². The molecule has 54 heavy (non-hydrogen) atoms. The number of rotatable bonds is 41. The maximum atomic E-state index is 12.7. The van der Waals surface area contributed by atoms with Gasteiger partial charge in [-0.15, -0.1) is 0 Å². The second kappa shape index (κ2) is 43.4. The van der Waals surface area contributed by atoms with Gasteiger partial charge in [-0.2, -0.15) is 0 Å². The largest absolute Gasteiger partial charge is 0.462 e. The van der Waals surface area contributed by atoms with E-state index in [1.807, 2.05) is 0 Å². The lowest BCUT2D eigenvalue weighted by Crippen LogP contribution is -2.30. The zero-order valence-electron chi connectivity index (χ0n) is 35.7. The lowest BCUT2D eigenvalue weighted by molar-refractivity contribution is -0.167. The molecule has 0 radical (unpaired) electrons. The van der Waals surface area contributed by atoms with Crippen molar-refractivity contribution in [2.45, 2.75) is 239 Å². The van der Waals surface area contributed by atoms with Crippen molar-refractivity contribution in [1.29, 1.82) is 0 Å². The lowest BCUT2D eigenvalue weighted by Gasteiger charge is -2.18. The third-order valence-electron chi connectivity index (χ3n) is 9.84. The average molecular weight is 759 g/mol. The van der Waals surface area contributed by atoms with Gasteiger partial charge in [0.15, 0.2) is 6.10 Å². The Bertz CT molecular complexity index is 922. The maximum Gasteiger partial charge on any atom is 0.306 e. The van der Waals surface area contributed by atoms with Crippen molar-refractivity contribution in [2.75, 3.05) is 13.2 Å². The van der Waals surface area contributed by atoms with E-state index >= 15 is 0 Å². The summed E-state index contributed by atoms with van der Waals surface area (Å²) >= 11 is 0. The van der Waals surface area contributed by atoms with E-state index in [9.17, 15) is 14.4 Å². The molecule has 0 fully saturated rings. The van der Waals surface area contributed by atoms with E-state index in [4.69, 9.17) is 14.2 Å². The fourth-order valence-electron chi connectivity index (χ4n) is 6.32. The molecule has 0 aliphatic rings. The Morgan fingerprint density at radius 2 is 0.630 bits per heavy atom. The Balaban J connectivity index is 4.37. The summed E-state index contributed by atoms with van der Waals surface area (Å²) in [5.74, 6) is -0.936. The standard InChI is InChI=1S/C48H86O6/c1-4-7-10-13-16-19-21-23-24-25-27-29-32-35-38-41-47(50)53-44-45(43-52-46(49)40-37-34-31-28-18-15-12-9-6-3)54-48(51)42-39-36-33-30-26-22-20-17-14-11-8-5-2/h17,19-21,28,31,45H,4-16,18,22-27,29-30,32-44H2,1-3H3/b20-17-,21-19-,31-28-. The van der Waals surface area contributed by atoms with E-state index in [-0.39, 0.29) is 31.1 Å². The molecule has 0 saturated heterocycles. The van der Waals surface area contributed by atoms with Gasteiger partial charge in [-0.25, -0.2) is 0 Å². The normalized spacial score (nSPS) is 12.3. The van der Waals surface area contributed by atoms with Crippen molar-refractivity contribution >= 4 is 17.9 Å². The second-order valence-corrected chi connectivity index (χ2v) is 15.3. The summed E-state index contributed by atoms with van der Waals surface area (Å²) < 4.78 is 16.6. The smallest absolute Gasteiger partial charge is 0.306 e. The predicted molar refractivity (Wildman–Crippen MR) is 229 cm³/mol. The van der Waals surface area contributed by atoms with E-state index in [0.29, 0.717) is 19.3 Å². The quantitative estimate of drug-likeness (QED) is 0.0267. The first-order chi connectivity index (χ1) is 26.5. The summed E-state index contributed by atoms with van der Waals surface area (Å²) in [4.78, 5) is 37.6. The summed E-state index contributed by atoms with van der Waals surface area (Å²) in [7, 11) is 0. The summed E-state index contributed by atoms with van der Waals surface area (Å²) in [5, 5.41) is 0. The number of carbonyl (C=O) groups excluding carboxylic acids is 3. The van der Waals surface area contributed by atoms with Gasteiger partial charge < -0.3 is 14.2 Å². The van der Waals surface area contributed by atoms with Crippen LogP contribution in [0.1, 0.15) is 233 Å². The molecular formula is C48H86O6. The molecule has 0 aliphatic heterocycles. The first-order valence-corrected chi connectivity index (χ1v) is 23.0. The fourth-order valence-corrected chi connectivity index (χ4v) is 6.32. The molecule has 0 spiro atoms. The Kier molecular flexibility index (Phi) is 41.5. The monoisotopic (exact) mass is 759 g/mol. The van der Waals surface area contributed by atoms with E-state index in [0.717, 1.165) is 70.6 Å². The van der Waals surface area contributed by atoms with Gasteiger partial charge in [0.05, 0.1) is 0 Å². The topological polar surface area (TPSA) is 78.9 Å². The van der Waals surface area contributed by atoms with Crippen LogP contribution in [0.4, 0.5) is 0 Å². The number of allylic oxidation sites excluding steroid dienone is 6. The molecule has 6 nitrogen and oxygen atoms in total. The van der Waals surface area contributed by atoms with Crippen LogP contribution in [0.5, 0.6) is 0 Å². The molecule has 1 unspecified atom stereocenters. The summed E-state index contributed by atoms with van der Waals surface area (Å²) in [6.07, 6.45) is 48.5. The van der Waals surface area contributed by atoms with Gasteiger partial charge in [0.25, 0.3) is 0 Å². The van der Waals surface area contributed by atoms with Crippen LogP contribution in [-0.2, 0) is 28.6 Å². The van der Waals surface area contributed by atoms with Crippen molar-refractivity contribution in [2.24, 2.45) is 0 Å². The fraction of sp³-hybridized carbons (Fsp3) is 0.812. The highest BCUT2D eigenvalue weighted by Gasteiger charge is 2.19. The highest BCUT2D eigenvalue weighted by atomic mass is 16.6.